The van der Waals surface area contributed by atoms with Crippen molar-refractivity contribution >= 4 is 0 Å². The first kappa shape index (κ1) is 13.9. The summed E-state index contributed by atoms with van der Waals surface area (Å²) in [5, 5.41) is 0. The number of hydrogen-bond acceptors (Lipinski definition) is 2. The molecule has 14 heavy (non-hydrogen) atoms. The molecule has 0 radical (unpaired) electrons. The van der Waals surface area contributed by atoms with E-state index < -0.39 is 0 Å². The Morgan fingerprint density at radius 2 is 1.71 bits per heavy atom. The molecule has 86 valence electrons. The molecule has 0 aliphatic rings. The van der Waals surface area contributed by atoms with Gasteiger partial charge in [-0.2, -0.15) is 0 Å². The summed E-state index contributed by atoms with van der Waals surface area (Å²) in [4.78, 5) is 2.34. The van der Waals surface area contributed by atoms with Gasteiger partial charge in [0, 0.05) is 6.04 Å². The highest BCUT2D eigenvalue weighted by atomic mass is 15.1. The summed E-state index contributed by atoms with van der Waals surface area (Å²) >= 11 is 0. The summed E-state index contributed by atoms with van der Waals surface area (Å²) in [5.41, 5.74) is 5.99. The second-order valence-electron chi connectivity index (χ2n) is 5.64. The molecule has 0 amide bonds. The van der Waals surface area contributed by atoms with Crippen molar-refractivity contribution in [2.24, 2.45) is 17.1 Å². The third-order valence-corrected chi connectivity index (χ3v) is 3.01. The van der Waals surface area contributed by atoms with E-state index in [-0.39, 0.29) is 0 Å². The molecule has 2 heteroatoms. The van der Waals surface area contributed by atoms with Crippen molar-refractivity contribution in [2.45, 2.75) is 46.6 Å². The first-order chi connectivity index (χ1) is 6.31. The molecule has 0 bridgehead atoms. The minimum absolute atomic E-state index is 0.322. The Kier molecular flexibility index (Phi) is 5.68. The predicted molar refractivity (Wildman–Crippen MR) is 64.4 cm³/mol. The van der Waals surface area contributed by atoms with Crippen LogP contribution in [0, 0.1) is 11.3 Å². The second-order valence-corrected chi connectivity index (χ2v) is 5.64. The van der Waals surface area contributed by atoms with Gasteiger partial charge in [0.15, 0.2) is 0 Å². The van der Waals surface area contributed by atoms with Gasteiger partial charge in [0.2, 0.25) is 0 Å². The molecule has 0 aromatic carbocycles. The zero-order valence-electron chi connectivity index (χ0n) is 10.8. The summed E-state index contributed by atoms with van der Waals surface area (Å²) in [5.74, 6) is 0.749. The molecular weight excluding hydrogens is 172 g/mol. The lowest BCUT2D eigenvalue weighted by molar-refractivity contribution is 0.107. The maximum absolute atomic E-state index is 5.66. The third kappa shape index (κ3) is 4.43. The summed E-state index contributed by atoms with van der Waals surface area (Å²) in [6, 6.07) is 0.631. The minimum atomic E-state index is 0.322. The molecule has 0 aliphatic carbocycles. The lowest BCUT2D eigenvalue weighted by Gasteiger charge is -2.40. The molecular formula is C12H28N2. The van der Waals surface area contributed by atoms with Gasteiger partial charge < -0.3 is 10.6 Å². The quantitative estimate of drug-likeness (QED) is 0.713. The van der Waals surface area contributed by atoms with Crippen LogP contribution in [0.3, 0.4) is 0 Å². The van der Waals surface area contributed by atoms with Crippen molar-refractivity contribution in [2.75, 3.05) is 20.6 Å². The van der Waals surface area contributed by atoms with Crippen LogP contribution in [-0.2, 0) is 0 Å². The van der Waals surface area contributed by atoms with E-state index in [1.165, 1.54) is 6.42 Å². The largest absolute Gasteiger partial charge is 0.330 e. The Labute approximate surface area is 89.9 Å². The molecule has 1 unspecified atom stereocenters. The smallest absolute Gasteiger partial charge is 0.0143 e. The van der Waals surface area contributed by atoms with Crippen LogP contribution in [0.15, 0.2) is 0 Å². The number of nitrogens with two attached hydrogens (primary N) is 1. The Balaban J connectivity index is 4.46. The van der Waals surface area contributed by atoms with E-state index in [9.17, 15) is 0 Å². The average Bonchev–Trinajstić information content (AvgIpc) is 1.99. The zero-order valence-corrected chi connectivity index (χ0v) is 10.8. The SMILES string of the molecule is CC(C)CC(N(C)C)C(C)(C)CCN. The highest BCUT2D eigenvalue weighted by molar-refractivity contribution is 4.84. The lowest BCUT2D eigenvalue weighted by atomic mass is 9.77. The van der Waals surface area contributed by atoms with Crippen LogP contribution in [0.2, 0.25) is 0 Å². The molecule has 0 rings (SSSR count). The number of nitrogens with zero attached hydrogens (tertiary/aromatic N) is 1. The summed E-state index contributed by atoms with van der Waals surface area (Å²) < 4.78 is 0. The standard InChI is InChI=1S/C12H28N2/c1-10(2)9-11(14(5)6)12(3,4)7-8-13/h10-11H,7-9,13H2,1-6H3. The number of rotatable bonds is 6. The monoisotopic (exact) mass is 200 g/mol. The molecule has 0 saturated carbocycles. The number of hydrogen-bond donors (Lipinski definition) is 1. The van der Waals surface area contributed by atoms with E-state index in [2.05, 4.69) is 46.7 Å². The highest BCUT2D eigenvalue weighted by Gasteiger charge is 2.30. The van der Waals surface area contributed by atoms with Crippen LogP contribution in [0.1, 0.15) is 40.5 Å². The van der Waals surface area contributed by atoms with E-state index in [1.807, 2.05) is 0 Å². The second kappa shape index (κ2) is 5.72. The van der Waals surface area contributed by atoms with Gasteiger partial charge in [-0.3, -0.25) is 0 Å². The van der Waals surface area contributed by atoms with Crippen molar-refractivity contribution in [3.8, 4) is 0 Å². The maximum atomic E-state index is 5.66. The molecule has 0 aromatic rings. The Bertz CT molecular complexity index is 150. The van der Waals surface area contributed by atoms with Gasteiger partial charge in [0.05, 0.1) is 0 Å². The normalized spacial score (nSPS) is 15.2. The molecule has 1 atom stereocenters. The Morgan fingerprint density at radius 1 is 1.21 bits per heavy atom. The Morgan fingerprint density at radius 3 is 2.00 bits per heavy atom. The molecule has 0 aromatic heterocycles. The lowest BCUT2D eigenvalue weighted by Crippen LogP contribution is -2.43. The van der Waals surface area contributed by atoms with Crippen molar-refractivity contribution in [1.29, 1.82) is 0 Å². The predicted octanol–water partition coefficient (Wildman–Crippen LogP) is 2.34. The molecule has 0 heterocycles. The fourth-order valence-corrected chi connectivity index (χ4v) is 2.21. The topological polar surface area (TPSA) is 29.3 Å². The van der Waals surface area contributed by atoms with Gasteiger partial charge in [-0.25, -0.2) is 0 Å². The van der Waals surface area contributed by atoms with E-state index in [0.29, 0.717) is 11.5 Å². The summed E-state index contributed by atoms with van der Waals surface area (Å²) in [6.07, 6.45) is 2.35. The van der Waals surface area contributed by atoms with Crippen LogP contribution < -0.4 is 5.73 Å². The third-order valence-electron chi connectivity index (χ3n) is 3.01. The van der Waals surface area contributed by atoms with Gasteiger partial charge in [-0.15, -0.1) is 0 Å². The zero-order chi connectivity index (χ0) is 11.4. The first-order valence-corrected chi connectivity index (χ1v) is 5.67. The van der Waals surface area contributed by atoms with Crippen LogP contribution in [0.25, 0.3) is 0 Å². The fourth-order valence-electron chi connectivity index (χ4n) is 2.21. The summed E-state index contributed by atoms with van der Waals surface area (Å²) in [7, 11) is 4.34. The Hall–Kier alpha value is -0.0800. The van der Waals surface area contributed by atoms with Crippen LogP contribution in [-0.4, -0.2) is 31.6 Å². The van der Waals surface area contributed by atoms with Gasteiger partial charge in [-0.05, 0) is 44.8 Å². The molecule has 2 N–H and O–H groups in total. The van der Waals surface area contributed by atoms with Crippen LogP contribution in [0.4, 0.5) is 0 Å². The van der Waals surface area contributed by atoms with Crippen molar-refractivity contribution in [3.63, 3.8) is 0 Å². The van der Waals surface area contributed by atoms with Gasteiger partial charge in [-0.1, -0.05) is 27.7 Å². The first-order valence-electron chi connectivity index (χ1n) is 5.67. The van der Waals surface area contributed by atoms with E-state index in [1.54, 1.807) is 0 Å². The summed E-state index contributed by atoms with van der Waals surface area (Å²) in [6.45, 7) is 10.0. The fraction of sp³-hybridized carbons (Fsp3) is 1.00. The van der Waals surface area contributed by atoms with Crippen molar-refractivity contribution in [1.82, 2.24) is 4.90 Å². The van der Waals surface area contributed by atoms with E-state index >= 15 is 0 Å². The van der Waals surface area contributed by atoms with Crippen molar-refractivity contribution < 1.29 is 0 Å². The van der Waals surface area contributed by atoms with Crippen LogP contribution in [0.5, 0.6) is 0 Å². The molecule has 2 nitrogen and oxygen atoms in total. The molecule has 0 saturated heterocycles. The van der Waals surface area contributed by atoms with Gasteiger partial charge in [0.25, 0.3) is 0 Å². The minimum Gasteiger partial charge on any atom is -0.330 e. The molecule has 0 fully saturated rings. The molecule has 0 spiro atoms. The van der Waals surface area contributed by atoms with Gasteiger partial charge >= 0.3 is 0 Å². The maximum Gasteiger partial charge on any atom is 0.0143 e. The van der Waals surface area contributed by atoms with E-state index in [4.69, 9.17) is 5.73 Å². The molecule has 0 aliphatic heterocycles. The van der Waals surface area contributed by atoms with Gasteiger partial charge in [0.1, 0.15) is 0 Å². The highest BCUT2D eigenvalue weighted by Crippen LogP contribution is 2.31. The average molecular weight is 200 g/mol. The van der Waals surface area contributed by atoms with Crippen LogP contribution >= 0.6 is 0 Å². The van der Waals surface area contributed by atoms with E-state index in [0.717, 1.165) is 18.9 Å². The van der Waals surface area contributed by atoms with Crippen molar-refractivity contribution in [3.05, 3.63) is 0 Å².